The van der Waals surface area contributed by atoms with Crippen LogP contribution in [-0.2, 0) is 9.59 Å². The highest BCUT2D eigenvalue weighted by molar-refractivity contribution is 6.46. The minimum atomic E-state index is -0.654. The van der Waals surface area contributed by atoms with Crippen molar-refractivity contribution in [2.75, 3.05) is 27.2 Å². The number of carbonyl (C=O) groups excluding carboxylic acids is 2. The van der Waals surface area contributed by atoms with E-state index < -0.39 is 17.7 Å². The van der Waals surface area contributed by atoms with Crippen molar-refractivity contribution in [2.45, 2.75) is 32.4 Å². The van der Waals surface area contributed by atoms with Crippen LogP contribution in [0.25, 0.3) is 5.76 Å². The van der Waals surface area contributed by atoms with Crippen molar-refractivity contribution in [1.82, 2.24) is 9.80 Å². The van der Waals surface area contributed by atoms with E-state index in [-0.39, 0.29) is 17.4 Å². The summed E-state index contributed by atoms with van der Waals surface area (Å²) in [4.78, 5) is 29.5. The number of nitrogens with zero attached hydrogens (tertiary/aromatic N) is 2. The average molecular weight is 423 g/mol. The van der Waals surface area contributed by atoms with Crippen LogP contribution in [0.4, 0.5) is 0 Å². The first-order valence-corrected chi connectivity index (χ1v) is 10.5. The standard InChI is InChI=1S/C25H30N2O4/c1-17(2)31-20-13-11-19(12-14-20)23(28)21-22(18-9-6-5-7-10-18)27(25(30)24(21)29)16-8-15-26(3)4/h5-7,9-14,17,22,28H,8,15-16H2,1-4H3/t22-/m1/s1. The second kappa shape index (κ2) is 9.79. The van der Waals surface area contributed by atoms with E-state index in [9.17, 15) is 14.7 Å². The molecule has 31 heavy (non-hydrogen) atoms. The molecule has 0 unspecified atom stereocenters. The van der Waals surface area contributed by atoms with E-state index in [2.05, 4.69) is 0 Å². The summed E-state index contributed by atoms with van der Waals surface area (Å²) in [6.07, 6.45) is 0.759. The molecule has 0 bridgehead atoms. The number of ketones is 1. The molecule has 164 valence electrons. The maximum atomic E-state index is 13.0. The molecule has 1 fully saturated rings. The van der Waals surface area contributed by atoms with Gasteiger partial charge in [-0.15, -0.1) is 0 Å². The zero-order chi connectivity index (χ0) is 22.5. The molecule has 2 aromatic rings. The van der Waals surface area contributed by atoms with Crippen molar-refractivity contribution in [2.24, 2.45) is 0 Å². The number of hydrogen-bond donors (Lipinski definition) is 1. The third-order valence-corrected chi connectivity index (χ3v) is 5.16. The number of amides is 1. The summed E-state index contributed by atoms with van der Waals surface area (Å²) in [6.45, 7) is 5.10. The predicted octanol–water partition coefficient (Wildman–Crippen LogP) is 3.85. The van der Waals surface area contributed by atoms with Gasteiger partial charge in [-0.2, -0.15) is 0 Å². The SMILES string of the molecule is CC(C)Oc1ccc(C(O)=C2C(=O)C(=O)N(CCCN(C)C)[C@@H]2c2ccccc2)cc1. The molecule has 1 N–H and O–H groups in total. The number of aliphatic hydroxyl groups excluding tert-OH is 1. The topological polar surface area (TPSA) is 70.1 Å². The fourth-order valence-electron chi connectivity index (χ4n) is 3.77. The summed E-state index contributed by atoms with van der Waals surface area (Å²) < 4.78 is 5.65. The fraction of sp³-hybridized carbons (Fsp3) is 0.360. The lowest BCUT2D eigenvalue weighted by molar-refractivity contribution is -0.139. The Bertz CT molecular complexity index is 949. The second-order valence-corrected chi connectivity index (χ2v) is 8.25. The zero-order valence-electron chi connectivity index (χ0n) is 18.5. The molecule has 1 heterocycles. The van der Waals surface area contributed by atoms with E-state index in [1.807, 2.05) is 63.2 Å². The lowest BCUT2D eigenvalue weighted by Crippen LogP contribution is -2.32. The summed E-state index contributed by atoms with van der Waals surface area (Å²) in [5, 5.41) is 11.1. The van der Waals surface area contributed by atoms with Crippen LogP contribution in [0, 0.1) is 0 Å². The van der Waals surface area contributed by atoms with Crippen molar-refractivity contribution in [3.05, 3.63) is 71.3 Å². The van der Waals surface area contributed by atoms with Gasteiger partial charge < -0.3 is 19.6 Å². The number of Topliss-reactive ketones (excluding diaryl/α,β-unsaturated/α-hetero) is 1. The lowest BCUT2D eigenvalue weighted by atomic mass is 9.95. The molecule has 1 saturated heterocycles. The summed E-state index contributed by atoms with van der Waals surface area (Å²) in [7, 11) is 3.94. The molecule has 6 nitrogen and oxygen atoms in total. The number of aliphatic hydroxyl groups is 1. The van der Waals surface area contributed by atoms with Crippen LogP contribution in [0.2, 0.25) is 0 Å². The van der Waals surface area contributed by atoms with Gasteiger partial charge in [-0.3, -0.25) is 9.59 Å². The van der Waals surface area contributed by atoms with Crippen molar-refractivity contribution < 1.29 is 19.4 Å². The van der Waals surface area contributed by atoms with Crippen molar-refractivity contribution in [3.63, 3.8) is 0 Å². The van der Waals surface area contributed by atoms with Crippen LogP contribution in [0.3, 0.4) is 0 Å². The van der Waals surface area contributed by atoms with Crippen molar-refractivity contribution in [3.8, 4) is 5.75 Å². The van der Waals surface area contributed by atoms with Gasteiger partial charge in [-0.05, 0) is 70.7 Å². The smallest absolute Gasteiger partial charge is 0.295 e. The Balaban J connectivity index is 2.01. The molecule has 0 radical (unpaired) electrons. The van der Waals surface area contributed by atoms with Gasteiger partial charge in [-0.1, -0.05) is 30.3 Å². The first-order valence-electron chi connectivity index (χ1n) is 10.5. The fourth-order valence-corrected chi connectivity index (χ4v) is 3.77. The van der Waals surface area contributed by atoms with E-state index >= 15 is 0 Å². The average Bonchev–Trinajstić information content (AvgIpc) is 2.99. The third-order valence-electron chi connectivity index (χ3n) is 5.16. The molecule has 1 aliphatic heterocycles. The van der Waals surface area contributed by atoms with Gasteiger partial charge in [0.25, 0.3) is 11.7 Å². The van der Waals surface area contributed by atoms with Crippen LogP contribution in [0.5, 0.6) is 5.75 Å². The minimum absolute atomic E-state index is 0.0324. The Morgan fingerprint density at radius 3 is 2.29 bits per heavy atom. The minimum Gasteiger partial charge on any atom is -0.507 e. The molecule has 1 aliphatic rings. The van der Waals surface area contributed by atoms with Crippen molar-refractivity contribution >= 4 is 17.4 Å². The molecular weight excluding hydrogens is 392 g/mol. The highest BCUT2D eigenvalue weighted by atomic mass is 16.5. The predicted molar refractivity (Wildman–Crippen MR) is 121 cm³/mol. The number of benzene rings is 2. The molecule has 3 rings (SSSR count). The maximum Gasteiger partial charge on any atom is 0.295 e. The molecule has 0 spiro atoms. The summed E-state index contributed by atoms with van der Waals surface area (Å²) in [5.74, 6) is -0.721. The van der Waals surface area contributed by atoms with E-state index in [0.29, 0.717) is 17.9 Å². The number of ether oxygens (including phenoxy) is 1. The van der Waals surface area contributed by atoms with E-state index in [0.717, 1.165) is 18.5 Å². The Kier molecular flexibility index (Phi) is 7.13. The summed E-state index contributed by atoms with van der Waals surface area (Å²) >= 11 is 0. The van der Waals surface area contributed by atoms with E-state index in [1.54, 1.807) is 29.2 Å². The highest BCUT2D eigenvalue weighted by Crippen LogP contribution is 2.39. The Hall–Kier alpha value is -3.12. The monoisotopic (exact) mass is 422 g/mol. The van der Waals surface area contributed by atoms with Crippen LogP contribution < -0.4 is 4.74 Å². The van der Waals surface area contributed by atoms with Crippen LogP contribution in [0.15, 0.2) is 60.2 Å². The number of carbonyl (C=O) groups is 2. The maximum absolute atomic E-state index is 13.0. The van der Waals surface area contributed by atoms with Gasteiger partial charge in [-0.25, -0.2) is 0 Å². The van der Waals surface area contributed by atoms with Gasteiger partial charge in [0.2, 0.25) is 0 Å². The molecule has 1 atom stereocenters. The first-order chi connectivity index (χ1) is 14.8. The molecule has 2 aromatic carbocycles. The Labute approximate surface area is 183 Å². The Morgan fingerprint density at radius 2 is 1.71 bits per heavy atom. The summed E-state index contributed by atoms with van der Waals surface area (Å²) in [6, 6.07) is 15.7. The van der Waals surface area contributed by atoms with Crippen LogP contribution in [-0.4, -0.2) is 59.9 Å². The second-order valence-electron chi connectivity index (χ2n) is 8.25. The molecule has 1 amide bonds. The number of hydrogen-bond acceptors (Lipinski definition) is 5. The van der Waals surface area contributed by atoms with Crippen molar-refractivity contribution in [1.29, 1.82) is 0 Å². The molecular formula is C25H30N2O4. The molecule has 0 aromatic heterocycles. The molecule has 6 heteroatoms. The first kappa shape index (κ1) is 22.6. The van der Waals surface area contributed by atoms with Crippen LogP contribution in [0.1, 0.15) is 37.4 Å². The quantitative estimate of drug-likeness (QED) is 0.398. The number of rotatable bonds is 8. The normalized spacial score (nSPS) is 18.3. The molecule has 0 saturated carbocycles. The highest BCUT2D eigenvalue weighted by Gasteiger charge is 2.45. The van der Waals surface area contributed by atoms with E-state index in [4.69, 9.17) is 4.74 Å². The zero-order valence-corrected chi connectivity index (χ0v) is 18.5. The third kappa shape index (κ3) is 5.14. The number of likely N-dealkylation sites (tertiary alicyclic amines) is 1. The molecule has 0 aliphatic carbocycles. The summed E-state index contributed by atoms with van der Waals surface area (Å²) in [5.41, 5.74) is 1.40. The van der Waals surface area contributed by atoms with Crippen LogP contribution >= 0.6 is 0 Å². The van der Waals surface area contributed by atoms with Gasteiger partial charge in [0.05, 0.1) is 17.7 Å². The largest absolute Gasteiger partial charge is 0.507 e. The van der Waals surface area contributed by atoms with Gasteiger partial charge in [0.15, 0.2) is 0 Å². The van der Waals surface area contributed by atoms with Gasteiger partial charge >= 0.3 is 0 Å². The van der Waals surface area contributed by atoms with E-state index in [1.165, 1.54) is 0 Å². The lowest BCUT2D eigenvalue weighted by Gasteiger charge is -2.26. The van der Waals surface area contributed by atoms with Gasteiger partial charge in [0, 0.05) is 12.1 Å². The van der Waals surface area contributed by atoms with Gasteiger partial charge in [0.1, 0.15) is 11.5 Å². The Morgan fingerprint density at radius 1 is 1.06 bits per heavy atom.